The number of ether oxygens (including phenoxy) is 3. The fraction of sp³-hybridized carbons (Fsp3) is 0.571. The topological polar surface area (TPSA) is 53.7 Å². The Labute approximate surface area is 122 Å². The van der Waals surface area contributed by atoms with Crippen LogP contribution in [0.25, 0.3) is 0 Å². The van der Waals surface area contributed by atoms with E-state index in [0.717, 1.165) is 5.56 Å². The molecule has 0 atom stereocenters. The van der Waals surface area contributed by atoms with Crippen molar-refractivity contribution >= 4 is 0 Å². The van der Waals surface area contributed by atoms with E-state index >= 15 is 0 Å². The first-order valence-corrected chi connectivity index (χ1v) is 6.55. The maximum atomic E-state index is 12.1. The Bertz CT molecular complexity index is 425. The van der Waals surface area contributed by atoms with Crippen LogP contribution in [0.1, 0.15) is 18.4 Å². The minimum atomic E-state index is -4.18. The maximum absolute atomic E-state index is 12.1. The molecular formula is C14H20F3NO3. The molecule has 7 heteroatoms. The molecule has 0 saturated carbocycles. The maximum Gasteiger partial charge on any atom is 0.389 e. The third-order valence-corrected chi connectivity index (χ3v) is 2.80. The van der Waals surface area contributed by atoms with E-state index in [-0.39, 0.29) is 13.0 Å². The van der Waals surface area contributed by atoms with Crippen LogP contribution in [0.15, 0.2) is 12.1 Å². The van der Waals surface area contributed by atoms with E-state index in [4.69, 9.17) is 19.9 Å². The molecule has 0 heterocycles. The van der Waals surface area contributed by atoms with E-state index in [0.29, 0.717) is 30.2 Å². The quantitative estimate of drug-likeness (QED) is 0.750. The molecule has 1 aromatic carbocycles. The van der Waals surface area contributed by atoms with Gasteiger partial charge in [0.2, 0.25) is 5.75 Å². The molecule has 0 spiro atoms. The minimum absolute atomic E-state index is 0.0670. The molecule has 0 aliphatic rings. The first-order chi connectivity index (χ1) is 9.91. The molecule has 0 bridgehead atoms. The molecule has 21 heavy (non-hydrogen) atoms. The van der Waals surface area contributed by atoms with Gasteiger partial charge >= 0.3 is 6.18 Å². The van der Waals surface area contributed by atoms with E-state index in [1.54, 1.807) is 12.1 Å². The molecule has 0 radical (unpaired) electrons. The van der Waals surface area contributed by atoms with Crippen LogP contribution >= 0.6 is 0 Å². The summed E-state index contributed by atoms with van der Waals surface area (Å²) in [7, 11) is 2.92. The zero-order valence-corrected chi connectivity index (χ0v) is 12.1. The van der Waals surface area contributed by atoms with Crippen LogP contribution in [-0.2, 0) is 6.42 Å². The highest BCUT2D eigenvalue weighted by Gasteiger charge is 2.26. The highest BCUT2D eigenvalue weighted by Crippen LogP contribution is 2.39. The van der Waals surface area contributed by atoms with Crippen LogP contribution < -0.4 is 19.9 Å². The molecule has 0 fully saturated rings. The number of rotatable bonds is 8. The Morgan fingerprint density at radius 3 is 2.10 bits per heavy atom. The molecule has 0 aliphatic heterocycles. The predicted molar refractivity (Wildman–Crippen MR) is 73.1 cm³/mol. The van der Waals surface area contributed by atoms with Crippen LogP contribution in [0.4, 0.5) is 13.2 Å². The van der Waals surface area contributed by atoms with E-state index in [9.17, 15) is 13.2 Å². The molecule has 0 unspecified atom stereocenters. The van der Waals surface area contributed by atoms with Crippen molar-refractivity contribution in [1.29, 1.82) is 0 Å². The van der Waals surface area contributed by atoms with Crippen LogP contribution in [0.3, 0.4) is 0 Å². The summed E-state index contributed by atoms with van der Waals surface area (Å²) in [6.45, 7) is 0.403. The number of hydrogen-bond donors (Lipinski definition) is 1. The molecule has 4 nitrogen and oxygen atoms in total. The fourth-order valence-corrected chi connectivity index (χ4v) is 1.83. The van der Waals surface area contributed by atoms with Crippen LogP contribution in [-0.4, -0.2) is 33.5 Å². The fourth-order valence-electron chi connectivity index (χ4n) is 1.83. The lowest BCUT2D eigenvalue weighted by atomic mass is 10.1. The summed E-state index contributed by atoms with van der Waals surface area (Å²) in [6, 6.07) is 3.49. The lowest BCUT2D eigenvalue weighted by Gasteiger charge is -2.16. The summed E-state index contributed by atoms with van der Waals surface area (Å²) >= 11 is 0. The molecule has 120 valence electrons. The van der Waals surface area contributed by atoms with Crippen LogP contribution in [0, 0.1) is 0 Å². The smallest absolute Gasteiger partial charge is 0.389 e. The summed E-state index contributed by atoms with van der Waals surface area (Å²) < 4.78 is 52.1. The highest BCUT2D eigenvalue weighted by molar-refractivity contribution is 5.54. The zero-order chi connectivity index (χ0) is 15.9. The number of methoxy groups -OCH3 is 2. The molecule has 1 rings (SSSR count). The average Bonchev–Trinajstić information content (AvgIpc) is 2.43. The second kappa shape index (κ2) is 7.97. The lowest BCUT2D eigenvalue weighted by Crippen LogP contribution is -2.10. The van der Waals surface area contributed by atoms with Crippen molar-refractivity contribution in [2.45, 2.75) is 25.4 Å². The molecule has 2 N–H and O–H groups in total. The molecule has 0 amide bonds. The Balaban J connectivity index is 2.79. The van der Waals surface area contributed by atoms with E-state index in [1.807, 2.05) is 0 Å². The Hall–Kier alpha value is -1.63. The van der Waals surface area contributed by atoms with E-state index < -0.39 is 12.6 Å². The highest BCUT2D eigenvalue weighted by atomic mass is 19.4. The number of halogens is 3. The van der Waals surface area contributed by atoms with Crippen molar-refractivity contribution < 1.29 is 27.4 Å². The van der Waals surface area contributed by atoms with Gasteiger partial charge in [-0.15, -0.1) is 0 Å². The minimum Gasteiger partial charge on any atom is -0.493 e. The Morgan fingerprint density at radius 1 is 1.10 bits per heavy atom. The van der Waals surface area contributed by atoms with Gasteiger partial charge in [-0.3, -0.25) is 0 Å². The third-order valence-electron chi connectivity index (χ3n) is 2.80. The number of benzene rings is 1. The van der Waals surface area contributed by atoms with E-state index in [1.165, 1.54) is 14.2 Å². The molecule has 1 aromatic rings. The number of hydrogen-bond acceptors (Lipinski definition) is 4. The summed E-state index contributed by atoms with van der Waals surface area (Å²) in [4.78, 5) is 0. The summed E-state index contributed by atoms with van der Waals surface area (Å²) in [6.07, 6.45) is -4.55. The summed E-state index contributed by atoms with van der Waals surface area (Å²) in [5, 5.41) is 0. The van der Waals surface area contributed by atoms with Crippen molar-refractivity contribution in [3.8, 4) is 17.2 Å². The average molecular weight is 307 g/mol. The van der Waals surface area contributed by atoms with Crippen molar-refractivity contribution in [2.75, 3.05) is 27.4 Å². The molecular weight excluding hydrogens is 287 g/mol. The number of nitrogens with two attached hydrogens (primary N) is 1. The second-order valence-corrected chi connectivity index (χ2v) is 4.44. The van der Waals surface area contributed by atoms with Gasteiger partial charge in [-0.2, -0.15) is 13.2 Å². The van der Waals surface area contributed by atoms with Crippen LogP contribution in [0.2, 0.25) is 0 Å². The van der Waals surface area contributed by atoms with Gasteiger partial charge in [0, 0.05) is 6.42 Å². The molecule has 0 saturated heterocycles. The SMILES string of the molecule is COc1cc(CCN)cc(OC)c1OCCCC(F)(F)F. The normalized spacial score (nSPS) is 11.3. The zero-order valence-electron chi connectivity index (χ0n) is 12.1. The Kier molecular flexibility index (Phi) is 6.61. The van der Waals surface area contributed by atoms with Crippen molar-refractivity contribution in [2.24, 2.45) is 5.73 Å². The second-order valence-electron chi connectivity index (χ2n) is 4.44. The van der Waals surface area contributed by atoms with Crippen molar-refractivity contribution in [1.82, 2.24) is 0 Å². The van der Waals surface area contributed by atoms with Crippen LogP contribution in [0.5, 0.6) is 17.2 Å². The lowest BCUT2D eigenvalue weighted by molar-refractivity contribution is -0.136. The van der Waals surface area contributed by atoms with Crippen molar-refractivity contribution in [3.63, 3.8) is 0 Å². The summed E-state index contributed by atoms with van der Waals surface area (Å²) in [5.74, 6) is 1.15. The summed E-state index contributed by atoms with van der Waals surface area (Å²) in [5.41, 5.74) is 6.41. The van der Waals surface area contributed by atoms with Gasteiger partial charge in [-0.25, -0.2) is 0 Å². The number of alkyl halides is 3. The Morgan fingerprint density at radius 2 is 1.67 bits per heavy atom. The first kappa shape index (κ1) is 17.4. The molecule has 0 aromatic heterocycles. The monoisotopic (exact) mass is 307 g/mol. The molecule has 0 aliphatic carbocycles. The van der Waals surface area contributed by atoms with Gasteiger partial charge in [0.25, 0.3) is 0 Å². The largest absolute Gasteiger partial charge is 0.493 e. The van der Waals surface area contributed by atoms with Crippen molar-refractivity contribution in [3.05, 3.63) is 17.7 Å². The predicted octanol–water partition coefficient (Wildman–Crippen LogP) is 2.93. The van der Waals surface area contributed by atoms with Gasteiger partial charge in [0.05, 0.1) is 20.8 Å². The third kappa shape index (κ3) is 5.71. The van der Waals surface area contributed by atoms with E-state index in [2.05, 4.69) is 0 Å². The van der Waals surface area contributed by atoms with Gasteiger partial charge in [0.1, 0.15) is 0 Å². The van der Waals surface area contributed by atoms with Gasteiger partial charge in [0.15, 0.2) is 11.5 Å². The van der Waals surface area contributed by atoms with Gasteiger partial charge in [-0.1, -0.05) is 0 Å². The first-order valence-electron chi connectivity index (χ1n) is 6.55. The standard InChI is InChI=1S/C14H20F3NO3/c1-19-11-8-10(4-6-18)9-12(20-2)13(11)21-7-3-5-14(15,16)17/h8-9H,3-7,18H2,1-2H3. The van der Waals surface area contributed by atoms with Gasteiger partial charge < -0.3 is 19.9 Å². The van der Waals surface area contributed by atoms with Gasteiger partial charge in [-0.05, 0) is 37.1 Å².